The summed E-state index contributed by atoms with van der Waals surface area (Å²) in [6.07, 6.45) is 2.65. The van der Waals surface area contributed by atoms with Gasteiger partial charge in [-0.1, -0.05) is 12.1 Å². The number of nitrogens with zero attached hydrogens (tertiary/aromatic N) is 2. The predicted octanol–water partition coefficient (Wildman–Crippen LogP) is 0.719. The minimum atomic E-state index is -3.68. The number of halogens is 1. The fourth-order valence-electron chi connectivity index (χ4n) is 1.57. The number of aromatic nitrogens is 2. The summed E-state index contributed by atoms with van der Waals surface area (Å²) in [6, 6.07) is 6.00. The van der Waals surface area contributed by atoms with Gasteiger partial charge < -0.3 is 5.73 Å². The van der Waals surface area contributed by atoms with E-state index in [1.807, 2.05) is 0 Å². The van der Waals surface area contributed by atoms with Crippen molar-refractivity contribution >= 4 is 16.0 Å². The lowest BCUT2D eigenvalue weighted by atomic mass is 10.1. The molecule has 0 saturated carbocycles. The summed E-state index contributed by atoms with van der Waals surface area (Å²) in [5.74, 6) is -0.346. The molecule has 0 saturated heterocycles. The number of benzene rings is 1. The molecule has 2 aromatic rings. The fraction of sp³-hybridized carbons (Fsp3) is 0.167. The van der Waals surface area contributed by atoms with Crippen molar-refractivity contribution in [1.82, 2.24) is 14.7 Å². The van der Waals surface area contributed by atoms with Gasteiger partial charge in [-0.05, 0) is 24.1 Å². The SMILES string of the molecule is Nc1ncc(S(=O)(=O)NCCc2cccc(F)c2)cn1. The van der Waals surface area contributed by atoms with Crippen LogP contribution >= 0.6 is 0 Å². The van der Waals surface area contributed by atoms with Crippen molar-refractivity contribution < 1.29 is 12.8 Å². The normalized spacial score (nSPS) is 11.4. The van der Waals surface area contributed by atoms with E-state index in [1.165, 1.54) is 12.1 Å². The number of nitrogens with two attached hydrogens (primary N) is 1. The zero-order chi connectivity index (χ0) is 14.6. The highest BCUT2D eigenvalue weighted by Crippen LogP contribution is 2.07. The molecule has 0 radical (unpaired) electrons. The summed E-state index contributed by atoms with van der Waals surface area (Å²) >= 11 is 0. The predicted molar refractivity (Wildman–Crippen MR) is 71.7 cm³/mol. The number of rotatable bonds is 5. The molecule has 0 fully saturated rings. The van der Waals surface area contributed by atoms with Crippen molar-refractivity contribution in [2.24, 2.45) is 0 Å². The third-order valence-corrected chi connectivity index (χ3v) is 3.97. The Labute approximate surface area is 115 Å². The molecule has 106 valence electrons. The first-order valence-corrected chi connectivity index (χ1v) is 7.27. The number of hydrogen-bond acceptors (Lipinski definition) is 5. The van der Waals surface area contributed by atoms with E-state index in [0.29, 0.717) is 12.0 Å². The number of nitrogens with one attached hydrogen (secondary N) is 1. The Kier molecular flexibility index (Phi) is 4.26. The molecule has 3 N–H and O–H groups in total. The Bertz CT molecular complexity index is 689. The molecule has 8 heteroatoms. The Morgan fingerprint density at radius 1 is 1.25 bits per heavy atom. The number of hydrogen-bond donors (Lipinski definition) is 2. The minimum absolute atomic E-state index is 0.00344. The van der Waals surface area contributed by atoms with Crippen LogP contribution in [0.4, 0.5) is 10.3 Å². The van der Waals surface area contributed by atoms with E-state index in [-0.39, 0.29) is 23.2 Å². The van der Waals surface area contributed by atoms with Gasteiger partial charge in [0.15, 0.2) is 0 Å². The first-order valence-electron chi connectivity index (χ1n) is 5.79. The molecule has 0 atom stereocenters. The summed E-state index contributed by atoms with van der Waals surface area (Å²) in [7, 11) is -3.68. The van der Waals surface area contributed by atoms with Crippen molar-refractivity contribution in [2.45, 2.75) is 11.3 Å². The summed E-state index contributed by atoms with van der Waals surface area (Å²) in [5, 5.41) is 0. The van der Waals surface area contributed by atoms with Crippen LogP contribution in [-0.2, 0) is 16.4 Å². The van der Waals surface area contributed by atoms with Crippen LogP contribution in [0.2, 0.25) is 0 Å². The molecule has 0 bridgehead atoms. The molecule has 6 nitrogen and oxygen atoms in total. The van der Waals surface area contributed by atoms with E-state index in [2.05, 4.69) is 14.7 Å². The molecule has 20 heavy (non-hydrogen) atoms. The van der Waals surface area contributed by atoms with Gasteiger partial charge in [0.05, 0.1) is 12.4 Å². The standard InChI is InChI=1S/C12H13FN4O2S/c13-10-3-1-2-9(6-10)4-5-17-20(18,19)11-7-15-12(14)16-8-11/h1-3,6-8,17H,4-5H2,(H2,14,15,16). The van der Waals surface area contributed by atoms with Gasteiger partial charge in [0.25, 0.3) is 0 Å². The molecular weight excluding hydrogens is 283 g/mol. The summed E-state index contributed by atoms with van der Waals surface area (Å²) in [6.45, 7) is 0.149. The molecule has 1 aromatic heterocycles. The molecule has 0 aliphatic heterocycles. The average Bonchev–Trinajstić information content (AvgIpc) is 2.39. The summed E-state index contributed by atoms with van der Waals surface area (Å²) in [4.78, 5) is 7.18. The van der Waals surface area contributed by atoms with Crippen LogP contribution in [0.5, 0.6) is 0 Å². The molecule has 0 aliphatic carbocycles. The van der Waals surface area contributed by atoms with Crippen LogP contribution in [0.15, 0.2) is 41.6 Å². The smallest absolute Gasteiger partial charge is 0.243 e. The molecule has 0 unspecified atom stereocenters. The third-order valence-electron chi connectivity index (χ3n) is 2.55. The maximum absolute atomic E-state index is 13.0. The molecule has 0 aliphatic rings. The van der Waals surface area contributed by atoms with E-state index >= 15 is 0 Å². The highest BCUT2D eigenvalue weighted by Gasteiger charge is 2.14. The summed E-state index contributed by atoms with van der Waals surface area (Å²) in [5.41, 5.74) is 6.00. The first-order chi connectivity index (χ1) is 9.47. The highest BCUT2D eigenvalue weighted by molar-refractivity contribution is 7.89. The van der Waals surface area contributed by atoms with Gasteiger partial charge in [-0.25, -0.2) is 27.5 Å². The van der Waals surface area contributed by atoms with Crippen molar-refractivity contribution in [3.8, 4) is 0 Å². The number of anilines is 1. The molecule has 1 heterocycles. The van der Waals surface area contributed by atoms with Crippen molar-refractivity contribution in [3.63, 3.8) is 0 Å². The number of nitrogen functional groups attached to an aromatic ring is 1. The van der Waals surface area contributed by atoms with Crippen LogP contribution in [0.1, 0.15) is 5.56 Å². The minimum Gasteiger partial charge on any atom is -0.368 e. The second kappa shape index (κ2) is 5.93. The van der Waals surface area contributed by atoms with Gasteiger partial charge in [-0.3, -0.25) is 0 Å². The van der Waals surface area contributed by atoms with Gasteiger partial charge in [-0.15, -0.1) is 0 Å². The van der Waals surface area contributed by atoms with Crippen LogP contribution in [-0.4, -0.2) is 24.9 Å². The lowest BCUT2D eigenvalue weighted by Gasteiger charge is -2.06. The van der Waals surface area contributed by atoms with Gasteiger partial charge in [0.2, 0.25) is 16.0 Å². The maximum Gasteiger partial charge on any atom is 0.243 e. The second-order valence-corrected chi connectivity index (χ2v) is 5.82. The van der Waals surface area contributed by atoms with Gasteiger partial charge >= 0.3 is 0 Å². The van der Waals surface area contributed by atoms with E-state index in [1.54, 1.807) is 12.1 Å². The van der Waals surface area contributed by atoms with Crippen molar-refractivity contribution in [3.05, 3.63) is 48.0 Å². The molecular formula is C12H13FN4O2S. The molecule has 1 aromatic carbocycles. The van der Waals surface area contributed by atoms with E-state index in [0.717, 1.165) is 12.4 Å². The van der Waals surface area contributed by atoms with Crippen molar-refractivity contribution in [2.75, 3.05) is 12.3 Å². The Morgan fingerprint density at radius 2 is 1.95 bits per heavy atom. The van der Waals surface area contributed by atoms with Gasteiger partial charge in [0.1, 0.15) is 10.7 Å². The van der Waals surface area contributed by atoms with Gasteiger partial charge in [0, 0.05) is 6.54 Å². The Hall–Kier alpha value is -2.06. The van der Waals surface area contributed by atoms with E-state index < -0.39 is 10.0 Å². The quantitative estimate of drug-likeness (QED) is 0.847. The maximum atomic E-state index is 13.0. The molecule has 2 rings (SSSR count). The first kappa shape index (κ1) is 14.4. The van der Waals surface area contributed by atoms with Crippen LogP contribution in [0.25, 0.3) is 0 Å². The average molecular weight is 296 g/mol. The summed E-state index contributed by atoms with van der Waals surface area (Å²) < 4.78 is 39.1. The van der Waals surface area contributed by atoms with Crippen LogP contribution in [0.3, 0.4) is 0 Å². The van der Waals surface area contributed by atoms with E-state index in [4.69, 9.17) is 5.73 Å². The van der Waals surface area contributed by atoms with Gasteiger partial charge in [-0.2, -0.15) is 0 Å². The monoisotopic (exact) mass is 296 g/mol. The van der Waals surface area contributed by atoms with Crippen LogP contribution < -0.4 is 10.5 Å². The van der Waals surface area contributed by atoms with E-state index in [9.17, 15) is 12.8 Å². The largest absolute Gasteiger partial charge is 0.368 e. The topological polar surface area (TPSA) is 98.0 Å². The third kappa shape index (κ3) is 3.72. The van der Waals surface area contributed by atoms with Crippen molar-refractivity contribution in [1.29, 1.82) is 0 Å². The molecule has 0 spiro atoms. The Morgan fingerprint density at radius 3 is 2.60 bits per heavy atom. The zero-order valence-electron chi connectivity index (χ0n) is 10.5. The fourth-order valence-corrected chi connectivity index (χ4v) is 2.49. The second-order valence-electron chi connectivity index (χ2n) is 4.05. The Balaban J connectivity index is 1.98. The van der Waals surface area contributed by atoms with Crippen LogP contribution in [0, 0.1) is 5.82 Å². The molecule has 0 amide bonds. The lowest BCUT2D eigenvalue weighted by molar-refractivity contribution is 0.580. The lowest BCUT2D eigenvalue weighted by Crippen LogP contribution is -2.26. The highest BCUT2D eigenvalue weighted by atomic mass is 32.2. The number of sulfonamides is 1. The zero-order valence-corrected chi connectivity index (χ0v) is 11.3.